The minimum Gasteiger partial charge on any atom is -0.487 e. The summed E-state index contributed by atoms with van der Waals surface area (Å²) in [5.74, 6) is -0.694. The Balaban J connectivity index is 1.92. The highest BCUT2D eigenvalue weighted by molar-refractivity contribution is 6.08. The fraction of sp³-hybridized carbons (Fsp3) is 0.158. The summed E-state index contributed by atoms with van der Waals surface area (Å²) in [5, 5.41) is 2.62. The fourth-order valence-electron chi connectivity index (χ4n) is 2.69. The highest BCUT2D eigenvalue weighted by atomic mass is 19.1. The Morgan fingerprint density at radius 3 is 2.88 bits per heavy atom. The van der Waals surface area contributed by atoms with Crippen LogP contribution in [0.2, 0.25) is 0 Å². The van der Waals surface area contributed by atoms with Crippen LogP contribution >= 0.6 is 0 Å². The van der Waals surface area contributed by atoms with E-state index in [1.165, 1.54) is 18.2 Å². The molecule has 2 amide bonds. The van der Waals surface area contributed by atoms with E-state index in [0.717, 1.165) is 6.08 Å². The molecule has 6 heteroatoms. The normalized spacial score (nSPS) is 15.8. The van der Waals surface area contributed by atoms with Gasteiger partial charge in [-0.3, -0.25) is 9.59 Å². The number of nitrogens with zero attached hydrogens (tertiary/aromatic N) is 1. The monoisotopic (exact) mass is 340 g/mol. The van der Waals surface area contributed by atoms with Crippen molar-refractivity contribution < 1.29 is 18.7 Å². The van der Waals surface area contributed by atoms with Crippen LogP contribution in [0.3, 0.4) is 0 Å². The first-order chi connectivity index (χ1) is 12.0. The number of ether oxygens (including phenoxy) is 1. The number of carbonyl (C=O) groups is 2. The molecule has 0 saturated heterocycles. The molecule has 0 aliphatic carbocycles. The van der Waals surface area contributed by atoms with Crippen molar-refractivity contribution in [2.45, 2.75) is 13.0 Å². The fourth-order valence-corrected chi connectivity index (χ4v) is 2.69. The molecule has 25 heavy (non-hydrogen) atoms. The summed E-state index contributed by atoms with van der Waals surface area (Å²) >= 11 is 0. The number of fused-ring (bicyclic) bond motifs is 1. The molecule has 1 atom stereocenters. The first-order valence-electron chi connectivity index (χ1n) is 7.79. The second kappa shape index (κ2) is 6.76. The Kier molecular flexibility index (Phi) is 4.52. The molecule has 3 rings (SSSR count). The number of carbonyl (C=O) groups excluding carboxylic acids is 2. The molecule has 1 unspecified atom stereocenters. The van der Waals surface area contributed by atoms with Gasteiger partial charge in [-0.1, -0.05) is 12.6 Å². The molecule has 2 aromatic rings. The lowest BCUT2D eigenvalue weighted by Crippen LogP contribution is -2.42. The first kappa shape index (κ1) is 16.7. The molecule has 5 nitrogen and oxygen atoms in total. The van der Waals surface area contributed by atoms with Gasteiger partial charge in [0.1, 0.15) is 17.7 Å². The number of hydrogen-bond acceptors (Lipinski definition) is 3. The number of halogens is 1. The van der Waals surface area contributed by atoms with Crippen molar-refractivity contribution >= 4 is 23.2 Å². The van der Waals surface area contributed by atoms with Gasteiger partial charge in [0, 0.05) is 17.3 Å². The van der Waals surface area contributed by atoms with Crippen molar-refractivity contribution in [1.82, 2.24) is 0 Å². The summed E-state index contributed by atoms with van der Waals surface area (Å²) in [6.45, 7) is 5.56. The average Bonchev–Trinajstić information content (AvgIpc) is 2.60. The van der Waals surface area contributed by atoms with Gasteiger partial charge in [0.25, 0.3) is 5.91 Å². The lowest BCUT2D eigenvalue weighted by atomic mass is 10.1. The number of amides is 2. The molecule has 128 valence electrons. The molecule has 0 radical (unpaired) electrons. The largest absolute Gasteiger partial charge is 0.487 e. The summed E-state index contributed by atoms with van der Waals surface area (Å²) in [6, 6.07) is 10.7. The van der Waals surface area contributed by atoms with Gasteiger partial charge in [-0.25, -0.2) is 4.39 Å². The predicted molar refractivity (Wildman–Crippen MR) is 93.4 cm³/mol. The number of rotatable bonds is 3. The maximum Gasteiger partial charge on any atom is 0.258 e. The van der Waals surface area contributed by atoms with Crippen LogP contribution in [0.25, 0.3) is 0 Å². The molecule has 0 bridgehead atoms. The molecule has 1 N–H and O–H groups in total. The van der Waals surface area contributed by atoms with Crippen LogP contribution in [0.5, 0.6) is 5.75 Å². The van der Waals surface area contributed by atoms with Crippen molar-refractivity contribution in [3.05, 3.63) is 66.5 Å². The molecule has 0 fully saturated rings. The van der Waals surface area contributed by atoms with Gasteiger partial charge in [-0.2, -0.15) is 0 Å². The van der Waals surface area contributed by atoms with E-state index in [4.69, 9.17) is 4.74 Å². The maximum atomic E-state index is 13.4. The van der Waals surface area contributed by atoms with Gasteiger partial charge in [-0.05, 0) is 43.3 Å². The Morgan fingerprint density at radius 2 is 2.12 bits per heavy atom. The highest BCUT2D eigenvalue weighted by Crippen LogP contribution is 2.35. The van der Waals surface area contributed by atoms with E-state index in [9.17, 15) is 14.0 Å². The van der Waals surface area contributed by atoms with Crippen LogP contribution < -0.4 is 15.0 Å². The van der Waals surface area contributed by atoms with E-state index >= 15 is 0 Å². The second-order valence-corrected chi connectivity index (χ2v) is 5.73. The molecule has 0 spiro atoms. The number of hydrogen-bond donors (Lipinski definition) is 1. The summed E-state index contributed by atoms with van der Waals surface area (Å²) in [4.78, 5) is 25.9. The van der Waals surface area contributed by atoms with Crippen molar-refractivity contribution in [2.24, 2.45) is 0 Å². The van der Waals surface area contributed by atoms with Gasteiger partial charge in [0.15, 0.2) is 0 Å². The van der Waals surface area contributed by atoms with Crippen molar-refractivity contribution in [3.8, 4) is 5.75 Å². The Hall–Kier alpha value is -3.15. The van der Waals surface area contributed by atoms with Gasteiger partial charge in [0.2, 0.25) is 5.91 Å². The highest BCUT2D eigenvalue weighted by Gasteiger charge is 2.28. The molecule has 2 aromatic carbocycles. The van der Waals surface area contributed by atoms with E-state index in [0.29, 0.717) is 29.2 Å². The molecular weight excluding hydrogens is 323 g/mol. The van der Waals surface area contributed by atoms with Crippen LogP contribution in [-0.2, 0) is 4.79 Å². The summed E-state index contributed by atoms with van der Waals surface area (Å²) in [6.07, 6.45) is 0.894. The van der Waals surface area contributed by atoms with Crippen LogP contribution in [0.15, 0.2) is 55.1 Å². The lowest BCUT2D eigenvalue weighted by Gasteiger charge is -2.33. The minimum absolute atomic E-state index is 0.252. The topological polar surface area (TPSA) is 58.6 Å². The maximum absolute atomic E-state index is 13.4. The number of nitrogens with one attached hydrogen (secondary N) is 1. The SMILES string of the molecule is C=CC(=O)Nc1cccc(C(=O)N2CC(C)Oc3cc(F)ccc32)c1. The Bertz CT molecular complexity index is 850. The smallest absolute Gasteiger partial charge is 0.258 e. The van der Waals surface area contributed by atoms with Crippen molar-refractivity contribution in [1.29, 1.82) is 0 Å². The van der Waals surface area contributed by atoms with Crippen LogP contribution in [0.1, 0.15) is 17.3 Å². The van der Waals surface area contributed by atoms with Crippen molar-refractivity contribution in [3.63, 3.8) is 0 Å². The lowest BCUT2D eigenvalue weighted by molar-refractivity contribution is -0.111. The average molecular weight is 340 g/mol. The predicted octanol–water partition coefficient (Wildman–Crippen LogP) is 3.38. The zero-order valence-corrected chi connectivity index (χ0v) is 13.7. The standard InChI is InChI=1S/C19H17FN2O3/c1-3-18(23)21-15-6-4-5-13(9-15)19(24)22-11-12(2)25-17-10-14(20)7-8-16(17)22/h3-10,12H,1,11H2,2H3,(H,21,23). The molecule has 0 aromatic heterocycles. The van der Waals surface area contributed by atoms with E-state index in [-0.39, 0.29) is 17.9 Å². The second-order valence-electron chi connectivity index (χ2n) is 5.73. The third-order valence-corrected chi connectivity index (χ3v) is 3.79. The summed E-state index contributed by atoms with van der Waals surface area (Å²) < 4.78 is 19.1. The van der Waals surface area contributed by atoms with Gasteiger partial charge in [0.05, 0.1) is 12.2 Å². The minimum atomic E-state index is -0.422. The first-order valence-corrected chi connectivity index (χ1v) is 7.79. The zero-order chi connectivity index (χ0) is 18.0. The van der Waals surface area contributed by atoms with E-state index < -0.39 is 5.82 Å². The molecule has 1 aliphatic rings. The van der Waals surface area contributed by atoms with Crippen molar-refractivity contribution in [2.75, 3.05) is 16.8 Å². The number of anilines is 2. The van der Waals surface area contributed by atoms with Crippen LogP contribution in [0, 0.1) is 5.82 Å². The third kappa shape index (κ3) is 3.52. The van der Waals surface area contributed by atoms with Gasteiger partial charge < -0.3 is 15.0 Å². The summed E-state index contributed by atoms with van der Waals surface area (Å²) in [5.41, 5.74) is 1.42. The Morgan fingerprint density at radius 1 is 1.32 bits per heavy atom. The molecule has 1 heterocycles. The Labute approximate surface area is 144 Å². The van der Waals surface area contributed by atoms with Gasteiger partial charge >= 0.3 is 0 Å². The van der Waals surface area contributed by atoms with E-state index in [1.54, 1.807) is 29.2 Å². The quantitative estimate of drug-likeness (QED) is 0.872. The molecule has 1 aliphatic heterocycles. The third-order valence-electron chi connectivity index (χ3n) is 3.79. The van der Waals surface area contributed by atoms with Crippen LogP contribution in [-0.4, -0.2) is 24.5 Å². The molecule has 0 saturated carbocycles. The zero-order valence-electron chi connectivity index (χ0n) is 13.7. The van der Waals surface area contributed by atoms with E-state index in [2.05, 4.69) is 11.9 Å². The molecular formula is C19H17FN2O3. The van der Waals surface area contributed by atoms with E-state index in [1.807, 2.05) is 6.92 Å². The van der Waals surface area contributed by atoms with Gasteiger partial charge in [-0.15, -0.1) is 0 Å². The number of benzene rings is 2. The summed E-state index contributed by atoms with van der Waals surface area (Å²) in [7, 11) is 0. The van der Waals surface area contributed by atoms with Crippen LogP contribution in [0.4, 0.5) is 15.8 Å².